The standard InChI is InChI=1S/C33H32N6/c1-36(2)25-15-17-34-32(21-25)38(5)27-10-8-9-23(19-27)24-13-14-29-28-11-6-7-12-30(28)39(31(29)20-24)33-22-26(37(3)4)16-18-35-33/h6-22H,1-5H3. The summed E-state index contributed by atoms with van der Waals surface area (Å²) < 4.78 is 2.27. The van der Waals surface area contributed by atoms with Gasteiger partial charge in [-0.2, -0.15) is 0 Å². The first kappa shape index (κ1) is 24.5. The molecule has 3 aromatic heterocycles. The minimum absolute atomic E-state index is 0.903. The van der Waals surface area contributed by atoms with E-state index in [2.05, 4.69) is 124 Å². The molecule has 6 aromatic rings. The lowest BCUT2D eigenvalue weighted by atomic mass is 10.0. The van der Waals surface area contributed by atoms with Crippen LogP contribution in [0.1, 0.15) is 0 Å². The zero-order valence-electron chi connectivity index (χ0n) is 23.0. The quantitative estimate of drug-likeness (QED) is 0.237. The molecule has 6 rings (SSSR count). The van der Waals surface area contributed by atoms with Gasteiger partial charge < -0.3 is 14.7 Å². The van der Waals surface area contributed by atoms with Crippen LogP contribution in [0.25, 0.3) is 38.8 Å². The molecule has 0 N–H and O–H groups in total. The minimum Gasteiger partial charge on any atom is -0.378 e. The first-order chi connectivity index (χ1) is 18.9. The van der Waals surface area contributed by atoms with Crippen molar-refractivity contribution in [2.75, 3.05) is 49.9 Å². The number of pyridine rings is 2. The van der Waals surface area contributed by atoms with E-state index in [9.17, 15) is 0 Å². The molecule has 0 amide bonds. The fourth-order valence-electron chi connectivity index (χ4n) is 5.10. The summed E-state index contributed by atoms with van der Waals surface area (Å²) in [4.78, 5) is 15.7. The number of aromatic nitrogens is 3. The van der Waals surface area contributed by atoms with Crippen molar-refractivity contribution >= 4 is 44.7 Å². The molecule has 0 saturated carbocycles. The highest BCUT2D eigenvalue weighted by molar-refractivity contribution is 6.10. The molecule has 0 spiro atoms. The molecule has 3 aromatic carbocycles. The van der Waals surface area contributed by atoms with Crippen molar-refractivity contribution < 1.29 is 0 Å². The maximum absolute atomic E-state index is 4.78. The average Bonchev–Trinajstić information content (AvgIpc) is 3.30. The fourth-order valence-corrected chi connectivity index (χ4v) is 5.10. The number of fused-ring (bicyclic) bond motifs is 3. The Kier molecular flexibility index (Phi) is 6.15. The van der Waals surface area contributed by atoms with Crippen LogP contribution >= 0.6 is 0 Å². The van der Waals surface area contributed by atoms with E-state index >= 15 is 0 Å². The first-order valence-corrected chi connectivity index (χ1v) is 13.1. The van der Waals surface area contributed by atoms with Gasteiger partial charge in [-0.25, -0.2) is 9.97 Å². The largest absolute Gasteiger partial charge is 0.378 e. The SMILES string of the molecule is CN(C)c1ccnc(N(C)c2cccc(-c3ccc4c5ccccc5n(-c5cc(N(C)C)ccn5)c4c3)c2)c1. The number of anilines is 4. The van der Waals surface area contributed by atoms with Crippen LogP contribution in [0.15, 0.2) is 103 Å². The van der Waals surface area contributed by atoms with Gasteiger partial charge in [0.2, 0.25) is 0 Å². The molecule has 0 aliphatic carbocycles. The Morgan fingerprint density at radius 3 is 2.03 bits per heavy atom. The highest BCUT2D eigenvalue weighted by atomic mass is 15.2. The van der Waals surface area contributed by atoms with Crippen molar-refractivity contribution in [3.05, 3.63) is 103 Å². The third kappa shape index (κ3) is 4.44. The lowest BCUT2D eigenvalue weighted by Crippen LogP contribution is -2.13. The van der Waals surface area contributed by atoms with Crippen LogP contribution in [0.4, 0.5) is 22.9 Å². The molecule has 39 heavy (non-hydrogen) atoms. The minimum atomic E-state index is 0.903. The fraction of sp³-hybridized carbons (Fsp3) is 0.152. The molecule has 0 unspecified atom stereocenters. The van der Waals surface area contributed by atoms with Crippen LogP contribution in [-0.2, 0) is 0 Å². The Bertz CT molecular complexity index is 1800. The molecule has 0 bridgehead atoms. The van der Waals surface area contributed by atoms with E-state index in [1.54, 1.807) is 0 Å². The van der Waals surface area contributed by atoms with Gasteiger partial charge in [-0.05, 0) is 47.5 Å². The van der Waals surface area contributed by atoms with Crippen LogP contribution in [0.2, 0.25) is 0 Å². The topological polar surface area (TPSA) is 40.4 Å². The van der Waals surface area contributed by atoms with Gasteiger partial charge in [-0.3, -0.25) is 4.57 Å². The van der Waals surface area contributed by atoms with Crippen molar-refractivity contribution in [2.24, 2.45) is 0 Å². The first-order valence-electron chi connectivity index (χ1n) is 13.1. The van der Waals surface area contributed by atoms with Crippen LogP contribution in [0.3, 0.4) is 0 Å². The summed E-state index contributed by atoms with van der Waals surface area (Å²) in [5.41, 5.74) is 7.90. The van der Waals surface area contributed by atoms with E-state index in [1.807, 2.05) is 38.6 Å². The van der Waals surface area contributed by atoms with E-state index < -0.39 is 0 Å². The summed E-state index contributed by atoms with van der Waals surface area (Å²) in [6, 6.07) is 32.2. The number of para-hydroxylation sites is 1. The van der Waals surface area contributed by atoms with Gasteiger partial charge in [0.1, 0.15) is 11.6 Å². The summed E-state index contributed by atoms with van der Waals surface area (Å²) in [5, 5.41) is 2.43. The van der Waals surface area contributed by atoms with Gasteiger partial charge in [0.05, 0.1) is 11.0 Å². The maximum atomic E-state index is 4.78. The monoisotopic (exact) mass is 512 g/mol. The van der Waals surface area contributed by atoms with Crippen molar-refractivity contribution in [2.45, 2.75) is 0 Å². The number of hydrogen-bond donors (Lipinski definition) is 0. The normalized spacial score (nSPS) is 11.2. The Balaban J connectivity index is 1.47. The molecule has 0 fully saturated rings. The maximum Gasteiger partial charge on any atom is 0.139 e. The summed E-state index contributed by atoms with van der Waals surface area (Å²) in [6.45, 7) is 0. The van der Waals surface area contributed by atoms with Crippen molar-refractivity contribution in [3.63, 3.8) is 0 Å². The summed E-state index contributed by atoms with van der Waals surface area (Å²) in [7, 11) is 10.3. The van der Waals surface area contributed by atoms with E-state index in [-0.39, 0.29) is 0 Å². The third-order valence-electron chi connectivity index (χ3n) is 7.30. The predicted molar refractivity (Wildman–Crippen MR) is 165 cm³/mol. The van der Waals surface area contributed by atoms with Gasteiger partial charge in [0, 0.05) is 87.6 Å². The second kappa shape index (κ2) is 9.80. The van der Waals surface area contributed by atoms with Gasteiger partial charge in [0.25, 0.3) is 0 Å². The van der Waals surface area contributed by atoms with Gasteiger partial charge >= 0.3 is 0 Å². The van der Waals surface area contributed by atoms with E-state index in [0.29, 0.717) is 0 Å². The summed E-state index contributed by atoms with van der Waals surface area (Å²) >= 11 is 0. The molecule has 0 atom stereocenters. The Morgan fingerprint density at radius 1 is 0.538 bits per heavy atom. The number of hydrogen-bond acceptors (Lipinski definition) is 5. The van der Waals surface area contributed by atoms with Crippen molar-refractivity contribution in [3.8, 4) is 16.9 Å². The molecule has 0 aliphatic heterocycles. The Hall–Kier alpha value is -4.84. The average molecular weight is 513 g/mol. The lowest BCUT2D eigenvalue weighted by Gasteiger charge is -2.21. The molecule has 6 heteroatoms. The van der Waals surface area contributed by atoms with Gasteiger partial charge in [-0.1, -0.05) is 42.5 Å². The van der Waals surface area contributed by atoms with E-state index in [4.69, 9.17) is 4.98 Å². The van der Waals surface area contributed by atoms with Crippen LogP contribution in [0.5, 0.6) is 0 Å². The van der Waals surface area contributed by atoms with Crippen LogP contribution in [-0.4, -0.2) is 49.8 Å². The zero-order valence-corrected chi connectivity index (χ0v) is 23.0. The van der Waals surface area contributed by atoms with E-state index in [0.717, 1.165) is 50.9 Å². The number of nitrogens with zero attached hydrogens (tertiary/aromatic N) is 6. The summed E-state index contributed by atoms with van der Waals surface area (Å²) in [5.74, 6) is 1.81. The van der Waals surface area contributed by atoms with Gasteiger partial charge in [-0.15, -0.1) is 0 Å². The molecule has 194 valence electrons. The number of rotatable bonds is 6. The van der Waals surface area contributed by atoms with E-state index in [1.165, 1.54) is 10.8 Å². The summed E-state index contributed by atoms with van der Waals surface area (Å²) in [6.07, 6.45) is 3.74. The third-order valence-corrected chi connectivity index (χ3v) is 7.30. The van der Waals surface area contributed by atoms with Crippen LogP contribution in [0, 0.1) is 0 Å². The van der Waals surface area contributed by atoms with Crippen LogP contribution < -0.4 is 14.7 Å². The number of benzene rings is 3. The molecular formula is C33H32N6. The molecule has 0 radical (unpaired) electrons. The van der Waals surface area contributed by atoms with Gasteiger partial charge in [0.15, 0.2) is 0 Å². The smallest absolute Gasteiger partial charge is 0.139 e. The second-order valence-corrected chi connectivity index (χ2v) is 10.2. The Morgan fingerprint density at radius 2 is 1.23 bits per heavy atom. The lowest BCUT2D eigenvalue weighted by molar-refractivity contribution is 1.05. The molecule has 0 saturated heterocycles. The predicted octanol–water partition coefficient (Wildman–Crippen LogP) is 7.14. The second-order valence-electron chi connectivity index (χ2n) is 10.2. The molecule has 0 aliphatic rings. The molecule has 3 heterocycles. The van der Waals surface area contributed by atoms with Crippen molar-refractivity contribution in [1.82, 2.24) is 14.5 Å². The highest BCUT2D eigenvalue weighted by Gasteiger charge is 2.15. The van der Waals surface area contributed by atoms with Crippen molar-refractivity contribution in [1.29, 1.82) is 0 Å². The molecular weight excluding hydrogens is 480 g/mol. The zero-order chi connectivity index (χ0) is 27.1. The Labute approximate surface area is 229 Å². The highest BCUT2D eigenvalue weighted by Crippen LogP contribution is 2.36. The molecule has 6 nitrogen and oxygen atoms in total.